The number of H-pyrrole nitrogens is 1. The van der Waals surface area contributed by atoms with E-state index in [-0.39, 0.29) is 5.91 Å². The van der Waals surface area contributed by atoms with Gasteiger partial charge in [-0.15, -0.1) is 5.10 Å². The molecule has 21 heavy (non-hydrogen) atoms. The summed E-state index contributed by atoms with van der Waals surface area (Å²) in [5.74, 6) is 1.20. The molecule has 7 nitrogen and oxygen atoms in total. The van der Waals surface area contributed by atoms with E-state index < -0.39 is 0 Å². The highest BCUT2D eigenvalue weighted by Gasteiger charge is 2.28. The quantitative estimate of drug-likeness (QED) is 0.863. The predicted molar refractivity (Wildman–Crippen MR) is 78.1 cm³/mol. The van der Waals surface area contributed by atoms with Crippen LogP contribution in [0.4, 0.5) is 5.82 Å². The summed E-state index contributed by atoms with van der Waals surface area (Å²) in [5.41, 5.74) is 2.23. The van der Waals surface area contributed by atoms with Crippen molar-refractivity contribution in [2.24, 2.45) is 5.92 Å². The fourth-order valence-electron chi connectivity index (χ4n) is 2.31. The molecule has 110 valence electrons. The fraction of sp³-hybridized carbons (Fsp3) is 0.429. The van der Waals surface area contributed by atoms with Gasteiger partial charge in [0.05, 0.1) is 5.69 Å². The van der Waals surface area contributed by atoms with Crippen LogP contribution in [0.3, 0.4) is 0 Å². The van der Waals surface area contributed by atoms with E-state index >= 15 is 0 Å². The van der Waals surface area contributed by atoms with Crippen molar-refractivity contribution in [2.75, 3.05) is 24.5 Å². The molecule has 1 fully saturated rings. The fourth-order valence-corrected chi connectivity index (χ4v) is 2.31. The first-order valence-corrected chi connectivity index (χ1v) is 6.97. The zero-order valence-electron chi connectivity index (χ0n) is 12.1. The molecule has 3 heterocycles. The van der Waals surface area contributed by atoms with Crippen LogP contribution in [0.2, 0.25) is 0 Å². The summed E-state index contributed by atoms with van der Waals surface area (Å²) < 4.78 is 0. The average molecular weight is 286 g/mol. The lowest BCUT2D eigenvalue weighted by Crippen LogP contribution is -2.52. The van der Waals surface area contributed by atoms with Gasteiger partial charge in [0, 0.05) is 31.2 Å². The first-order chi connectivity index (χ1) is 10.1. The summed E-state index contributed by atoms with van der Waals surface area (Å²) in [4.78, 5) is 14.0. The molecule has 0 spiro atoms. The maximum atomic E-state index is 11.9. The number of aryl methyl sites for hydroxylation is 2. The third-order valence-corrected chi connectivity index (χ3v) is 3.55. The van der Waals surface area contributed by atoms with Crippen LogP contribution in [0.5, 0.6) is 0 Å². The van der Waals surface area contributed by atoms with Crippen LogP contribution in [0.15, 0.2) is 18.2 Å². The van der Waals surface area contributed by atoms with Crippen molar-refractivity contribution >= 4 is 11.7 Å². The molecule has 0 unspecified atom stereocenters. The van der Waals surface area contributed by atoms with E-state index in [1.54, 1.807) is 6.07 Å². The molecule has 2 aromatic heterocycles. The van der Waals surface area contributed by atoms with Crippen LogP contribution >= 0.6 is 0 Å². The number of aromatic amines is 1. The molecule has 0 saturated carbocycles. The van der Waals surface area contributed by atoms with E-state index in [2.05, 4.69) is 30.6 Å². The summed E-state index contributed by atoms with van der Waals surface area (Å²) in [5, 5.41) is 17.8. The zero-order chi connectivity index (χ0) is 14.8. The third-order valence-electron chi connectivity index (χ3n) is 3.55. The standard InChI is InChI=1S/C14H18N6O/c1-9-3-4-13(19-16-9)20-7-11(8-20)6-15-14(21)12-5-10(2)17-18-12/h3-5,11H,6-8H2,1-2H3,(H,15,21)(H,17,18). The van der Waals surface area contributed by atoms with Crippen LogP contribution in [-0.2, 0) is 0 Å². The van der Waals surface area contributed by atoms with E-state index in [9.17, 15) is 4.79 Å². The largest absolute Gasteiger partial charge is 0.354 e. The molecule has 1 saturated heterocycles. The van der Waals surface area contributed by atoms with E-state index in [1.807, 2.05) is 26.0 Å². The molecule has 1 aliphatic heterocycles. The summed E-state index contributed by atoms with van der Waals surface area (Å²) in [7, 11) is 0. The van der Waals surface area contributed by atoms with Gasteiger partial charge in [-0.3, -0.25) is 9.89 Å². The van der Waals surface area contributed by atoms with Crippen molar-refractivity contribution in [3.8, 4) is 0 Å². The molecule has 7 heteroatoms. The molecule has 1 amide bonds. The maximum Gasteiger partial charge on any atom is 0.271 e. The van der Waals surface area contributed by atoms with Crippen molar-refractivity contribution < 1.29 is 4.79 Å². The van der Waals surface area contributed by atoms with Gasteiger partial charge in [0.25, 0.3) is 5.91 Å². The smallest absolute Gasteiger partial charge is 0.271 e. The average Bonchev–Trinajstić information content (AvgIpc) is 2.85. The first-order valence-electron chi connectivity index (χ1n) is 6.97. The number of nitrogens with one attached hydrogen (secondary N) is 2. The molecule has 1 aliphatic rings. The molecule has 0 bridgehead atoms. The number of amides is 1. The van der Waals surface area contributed by atoms with Crippen LogP contribution in [0, 0.1) is 19.8 Å². The highest BCUT2D eigenvalue weighted by Crippen LogP contribution is 2.21. The lowest BCUT2D eigenvalue weighted by atomic mass is 10.0. The molecule has 3 rings (SSSR count). The molecule has 0 radical (unpaired) electrons. The number of hydrogen-bond donors (Lipinski definition) is 2. The Kier molecular flexibility index (Phi) is 3.55. The van der Waals surface area contributed by atoms with Crippen molar-refractivity contribution in [3.63, 3.8) is 0 Å². The third kappa shape index (κ3) is 3.01. The molecule has 0 aliphatic carbocycles. The summed E-state index contributed by atoms with van der Waals surface area (Å²) in [6.07, 6.45) is 0. The molecular formula is C14H18N6O. The number of nitrogens with zero attached hydrogens (tertiary/aromatic N) is 4. The highest BCUT2D eigenvalue weighted by atomic mass is 16.1. The Labute approximate surface area is 122 Å². The highest BCUT2D eigenvalue weighted by molar-refractivity contribution is 5.92. The van der Waals surface area contributed by atoms with Gasteiger partial charge in [-0.25, -0.2) is 0 Å². The number of rotatable bonds is 4. The van der Waals surface area contributed by atoms with Gasteiger partial charge in [0.15, 0.2) is 5.82 Å². The Morgan fingerprint density at radius 1 is 1.38 bits per heavy atom. The predicted octanol–water partition coefficient (Wildman–Crippen LogP) is 0.683. The topological polar surface area (TPSA) is 86.8 Å². The first kappa shape index (κ1) is 13.5. The van der Waals surface area contributed by atoms with E-state index in [0.29, 0.717) is 18.2 Å². The minimum atomic E-state index is -0.132. The van der Waals surface area contributed by atoms with Crippen LogP contribution in [-0.4, -0.2) is 45.9 Å². The van der Waals surface area contributed by atoms with Gasteiger partial charge in [-0.1, -0.05) is 0 Å². The van der Waals surface area contributed by atoms with Crippen molar-refractivity contribution in [2.45, 2.75) is 13.8 Å². The monoisotopic (exact) mass is 286 g/mol. The minimum absolute atomic E-state index is 0.132. The van der Waals surface area contributed by atoms with Gasteiger partial charge in [0.1, 0.15) is 5.69 Å². The molecular weight excluding hydrogens is 268 g/mol. The number of carbonyl (C=O) groups excluding carboxylic acids is 1. The van der Waals surface area contributed by atoms with Gasteiger partial charge in [0.2, 0.25) is 0 Å². The Bertz CT molecular complexity index is 629. The van der Waals surface area contributed by atoms with Crippen LogP contribution < -0.4 is 10.2 Å². The SMILES string of the molecule is Cc1ccc(N2CC(CNC(=O)c3cc(C)[nH]n3)C2)nn1. The number of carbonyl (C=O) groups is 1. The summed E-state index contributed by atoms with van der Waals surface area (Å²) >= 11 is 0. The Balaban J connectivity index is 1.45. The number of aromatic nitrogens is 4. The second-order valence-electron chi connectivity index (χ2n) is 5.45. The lowest BCUT2D eigenvalue weighted by Gasteiger charge is -2.39. The van der Waals surface area contributed by atoms with Crippen molar-refractivity contribution in [3.05, 3.63) is 35.3 Å². The van der Waals surface area contributed by atoms with Gasteiger partial charge in [-0.2, -0.15) is 10.2 Å². The second kappa shape index (κ2) is 5.51. The molecule has 0 atom stereocenters. The van der Waals surface area contributed by atoms with E-state index in [0.717, 1.165) is 30.3 Å². The van der Waals surface area contributed by atoms with Crippen molar-refractivity contribution in [1.82, 2.24) is 25.7 Å². The van der Waals surface area contributed by atoms with Crippen molar-refractivity contribution in [1.29, 1.82) is 0 Å². The molecule has 0 aromatic carbocycles. The summed E-state index contributed by atoms with van der Waals surface area (Å²) in [6, 6.07) is 5.67. The Morgan fingerprint density at radius 3 is 2.81 bits per heavy atom. The zero-order valence-corrected chi connectivity index (χ0v) is 12.1. The molecule has 2 aromatic rings. The normalized spacial score (nSPS) is 14.9. The van der Waals surface area contributed by atoms with Crippen LogP contribution in [0.1, 0.15) is 21.9 Å². The van der Waals surface area contributed by atoms with Gasteiger partial charge < -0.3 is 10.2 Å². The Morgan fingerprint density at radius 2 is 2.19 bits per heavy atom. The van der Waals surface area contributed by atoms with E-state index in [1.165, 1.54) is 0 Å². The minimum Gasteiger partial charge on any atom is -0.354 e. The maximum absolute atomic E-state index is 11.9. The summed E-state index contributed by atoms with van der Waals surface area (Å²) in [6.45, 7) is 6.22. The number of hydrogen-bond acceptors (Lipinski definition) is 5. The van der Waals surface area contributed by atoms with Gasteiger partial charge >= 0.3 is 0 Å². The van der Waals surface area contributed by atoms with Gasteiger partial charge in [-0.05, 0) is 32.0 Å². The lowest BCUT2D eigenvalue weighted by molar-refractivity contribution is 0.0939. The Hall–Kier alpha value is -2.44. The molecule has 2 N–H and O–H groups in total. The second-order valence-corrected chi connectivity index (χ2v) is 5.45. The van der Waals surface area contributed by atoms with Crippen LogP contribution in [0.25, 0.3) is 0 Å². The van der Waals surface area contributed by atoms with E-state index in [4.69, 9.17) is 0 Å². The number of anilines is 1.